The van der Waals surface area contributed by atoms with E-state index in [9.17, 15) is 42.0 Å². The summed E-state index contributed by atoms with van der Waals surface area (Å²) in [5.74, 6) is -1.55. The SMILES string of the molecule is CC(C)c1cc(N2C(S)N(c3ccc(C#N)c(C(F)(F)F)c3)C(=O)C2(C)C)ccc1OCCN1C[C@@H](C)N(CC(=O)Nc2cc(F)cc(NC3CCC(=O)NC3=O)c2)[C@@H](C)C1. The lowest BCUT2D eigenvalue weighted by Gasteiger charge is -2.44. The predicted octanol–water partition coefficient (Wildman–Crippen LogP) is 6.31. The Labute approximate surface area is 357 Å². The molecule has 18 heteroatoms. The number of halogens is 4. The number of thiol groups is 1. The molecule has 3 aliphatic heterocycles. The zero-order valence-electron chi connectivity index (χ0n) is 34.8. The Balaban J connectivity index is 1.05. The first-order valence-corrected chi connectivity index (χ1v) is 20.6. The third kappa shape index (κ3) is 9.90. The van der Waals surface area contributed by atoms with Crippen molar-refractivity contribution in [1.82, 2.24) is 15.1 Å². The van der Waals surface area contributed by atoms with E-state index in [1.165, 1.54) is 23.1 Å². The van der Waals surface area contributed by atoms with E-state index in [1.54, 1.807) is 36.9 Å². The molecule has 0 aliphatic carbocycles. The number of hydrogen-bond acceptors (Lipinski definition) is 11. The van der Waals surface area contributed by atoms with Gasteiger partial charge in [0, 0.05) is 60.9 Å². The van der Waals surface area contributed by atoms with Gasteiger partial charge in [-0.05, 0) is 100 Å². The molecular weight excluding hydrogens is 817 g/mol. The van der Waals surface area contributed by atoms with Gasteiger partial charge in [-0.1, -0.05) is 13.8 Å². The Morgan fingerprint density at radius 2 is 1.69 bits per heavy atom. The van der Waals surface area contributed by atoms with Gasteiger partial charge >= 0.3 is 6.18 Å². The summed E-state index contributed by atoms with van der Waals surface area (Å²) in [6.45, 7) is 13.8. The monoisotopic (exact) mass is 866 g/mol. The number of ether oxygens (including phenoxy) is 1. The molecule has 4 amide bonds. The molecule has 3 heterocycles. The Morgan fingerprint density at radius 1 is 1.02 bits per heavy atom. The van der Waals surface area contributed by atoms with E-state index >= 15 is 0 Å². The summed E-state index contributed by atoms with van der Waals surface area (Å²) in [5, 5.41) is 17.2. The molecule has 3 aromatic carbocycles. The molecule has 13 nitrogen and oxygen atoms in total. The highest BCUT2D eigenvalue weighted by molar-refractivity contribution is 7.81. The number of nitrogens with one attached hydrogen (secondary N) is 3. The van der Waals surface area contributed by atoms with E-state index in [2.05, 4.69) is 25.8 Å². The van der Waals surface area contributed by atoms with Gasteiger partial charge in [0.25, 0.3) is 5.91 Å². The number of imide groups is 1. The maximum Gasteiger partial charge on any atom is 0.417 e. The first-order chi connectivity index (χ1) is 28.7. The predicted molar refractivity (Wildman–Crippen MR) is 226 cm³/mol. The van der Waals surface area contributed by atoms with Crippen molar-refractivity contribution in [3.8, 4) is 11.8 Å². The molecule has 6 rings (SSSR count). The summed E-state index contributed by atoms with van der Waals surface area (Å²) in [7, 11) is 0. The van der Waals surface area contributed by atoms with Gasteiger partial charge in [-0.2, -0.15) is 18.4 Å². The average molecular weight is 867 g/mol. The van der Waals surface area contributed by atoms with Crippen LogP contribution in [-0.4, -0.2) is 95.4 Å². The summed E-state index contributed by atoms with van der Waals surface area (Å²) in [6.07, 6.45) is -4.35. The van der Waals surface area contributed by atoms with E-state index in [1.807, 2.05) is 39.8 Å². The highest BCUT2D eigenvalue weighted by Gasteiger charge is 2.52. The number of piperazine rings is 1. The molecule has 0 saturated carbocycles. The van der Waals surface area contributed by atoms with Gasteiger partial charge in [-0.15, -0.1) is 12.6 Å². The van der Waals surface area contributed by atoms with Crippen LogP contribution in [0.2, 0.25) is 0 Å². The largest absolute Gasteiger partial charge is 0.492 e. The van der Waals surface area contributed by atoms with Crippen LogP contribution in [0, 0.1) is 17.1 Å². The zero-order valence-corrected chi connectivity index (χ0v) is 35.7. The van der Waals surface area contributed by atoms with Gasteiger partial charge in [0.05, 0.1) is 23.7 Å². The molecule has 3 fully saturated rings. The fourth-order valence-corrected chi connectivity index (χ4v) is 8.95. The van der Waals surface area contributed by atoms with Crippen molar-refractivity contribution < 1.29 is 41.5 Å². The number of carbonyl (C=O) groups excluding carboxylic acids is 4. The summed E-state index contributed by atoms with van der Waals surface area (Å²) in [4.78, 5) is 58.0. The lowest BCUT2D eigenvalue weighted by molar-refractivity contribution is -0.138. The summed E-state index contributed by atoms with van der Waals surface area (Å²) in [6, 6.07) is 13.6. The number of piperidine rings is 1. The number of nitrogens with zero attached hydrogens (tertiary/aromatic N) is 5. The van der Waals surface area contributed by atoms with Crippen LogP contribution in [0.15, 0.2) is 54.6 Å². The topological polar surface area (TPSA) is 150 Å². The number of alkyl halides is 3. The minimum atomic E-state index is -4.79. The fraction of sp³-hybridized carbons (Fsp3) is 0.465. The number of nitriles is 1. The maximum absolute atomic E-state index is 14.5. The van der Waals surface area contributed by atoms with Gasteiger partial charge in [0.2, 0.25) is 17.7 Å². The number of benzene rings is 3. The molecule has 2 unspecified atom stereocenters. The lowest BCUT2D eigenvalue weighted by Crippen LogP contribution is -2.58. The molecule has 3 saturated heterocycles. The normalized spacial score (nSPS) is 22.3. The van der Waals surface area contributed by atoms with Crippen LogP contribution < -0.4 is 30.5 Å². The van der Waals surface area contributed by atoms with Crippen LogP contribution in [0.4, 0.5) is 40.3 Å². The van der Waals surface area contributed by atoms with E-state index in [0.717, 1.165) is 17.7 Å². The van der Waals surface area contributed by atoms with E-state index in [-0.39, 0.29) is 60.6 Å². The average Bonchev–Trinajstić information content (AvgIpc) is 3.35. The fourth-order valence-electron chi connectivity index (χ4n) is 8.28. The Kier molecular flexibility index (Phi) is 13.3. The molecule has 0 bridgehead atoms. The number of hydrogen-bond donors (Lipinski definition) is 4. The molecule has 326 valence electrons. The first kappa shape index (κ1) is 45.2. The van der Waals surface area contributed by atoms with Crippen LogP contribution in [0.5, 0.6) is 5.75 Å². The maximum atomic E-state index is 14.5. The molecule has 61 heavy (non-hydrogen) atoms. The minimum absolute atomic E-state index is 0.00173. The highest BCUT2D eigenvalue weighted by atomic mass is 32.1. The Hall–Kier alpha value is -5.38. The van der Waals surface area contributed by atoms with Crippen molar-refractivity contribution in [2.24, 2.45) is 0 Å². The highest BCUT2D eigenvalue weighted by Crippen LogP contribution is 2.44. The summed E-state index contributed by atoms with van der Waals surface area (Å²) in [5.41, 5.74) is -1.80. The number of amides is 4. The van der Waals surface area contributed by atoms with Gasteiger partial charge < -0.3 is 20.3 Å². The van der Waals surface area contributed by atoms with Gasteiger partial charge in [0.15, 0.2) is 5.50 Å². The lowest BCUT2D eigenvalue weighted by atomic mass is 9.98. The summed E-state index contributed by atoms with van der Waals surface area (Å²) >= 11 is 4.74. The van der Waals surface area contributed by atoms with Crippen molar-refractivity contribution >= 4 is 59.0 Å². The number of anilines is 4. The quantitative estimate of drug-likeness (QED) is 0.0927. The number of carbonyl (C=O) groups is 4. The molecule has 4 atom stereocenters. The van der Waals surface area contributed by atoms with Crippen LogP contribution in [0.3, 0.4) is 0 Å². The van der Waals surface area contributed by atoms with Crippen LogP contribution in [0.1, 0.15) is 77.0 Å². The third-order valence-electron chi connectivity index (χ3n) is 11.3. The van der Waals surface area contributed by atoms with Crippen molar-refractivity contribution in [3.05, 3.63) is 77.1 Å². The molecule has 0 spiro atoms. The second kappa shape index (κ2) is 17.9. The molecule has 3 N–H and O–H groups in total. The Bertz CT molecular complexity index is 2220. The van der Waals surface area contributed by atoms with Crippen molar-refractivity contribution in [3.63, 3.8) is 0 Å². The second-order valence-electron chi connectivity index (χ2n) is 16.6. The zero-order chi connectivity index (χ0) is 44.6. The van der Waals surface area contributed by atoms with E-state index in [0.29, 0.717) is 43.4 Å². The molecule has 3 aliphatic rings. The minimum Gasteiger partial charge on any atom is -0.492 e. The van der Waals surface area contributed by atoms with E-state index < -0.39 is 52.0 Å². The van der Waals surface area contributed by atoms with Crippen LogP contribution >= 0.6 is 12.6 Å². The van der Waals surface area contributed by atoms with Gasteiger partial charge in [-0.3, -0.25) is 39.2 Å². The number of rotatable bonds is 12. The smallest absolute Gasteiger partial charge is 0.417 e. The van der Waals surface area contributed by atoms with Crippen molar-refractivity contribution in [2.75, 3.05) is 53.2 Å². The van der Waals surface area contributed by atoms with Crippen molar-refractivity contribution in [2.45, 2.75) is 95.6 Å². The standard InChI is InChI=1S/C43H50F4N8O5S/c1-24(2)33-18-32(55-41(61)54(40(59)42(55,5)6)31-8-7-27(20-48)34(19-31)43(45,46)47)9-11-36(33)60-14-13-52-21-25(3)53(26(4)22-52)23-38(57)50-30-16-28(44)15-29(17-30)49-35-10-12-37(56)51-39(35)58/h7-9,11,15-19,24-26,35,41,49,61H,10,12-14,21-23H2,1-6H3,(H,50,57)(H,51,56,58)/t25-,26+,35?,41?. The first-order valence-electron chi connectivity index (χ1n) is 20.1. The molecule has 0 aromatic heterocycles. The van der Waals surface area contributed by atoms with Crippen LogP contribution in [0.25, 0.3) is 0 Å². The molecule has 0 radical (unpaired) electrons. The molecule has 3 aromatic rings. The second-order valence-corrected chi connectivity index (χ2v) is 17.0. The Morgan fingerprint density at radius 3 is 2.33 bits per heavy atom. The van der Waals surface area contributed by atoms with Crippen molar-refractivity contribution in [1.29, 1.82) is 5.26 Å². The summed E-state index contributed by atoms with van der Waals surface area (Å²) < 4.78 is 62.4. The van der Waals surface area contributed by atoms with Gasteiger partial charge in [0.1, 0.15) is 29.8 Å². The van der Waals surface area contributed by atoms with E-state index in [4.69, 9.17) is 17.4 Å². The van der Waals surface area contributed by atoms with Gasteiger partial charge in [-0.25, -0.2) is 4.39 Å². The molecular formula is C43H50F4N8O5S. The third-order valence-corrected chi connectivity index (χ3v) is 11.8. The van der Waals surface area contributed by atoms with Crippen LogP contribution in [-0.2, 0) is 25.4 Å².